The van der Waals surface area contributed by atoms with Crippen LogP contribution in [0.5, 0.6) is 0 Å². The summed E-state index contributed by atoms with van der Waals surface area (Å²) < 4.78 is 51.4. The Bertz CT molecular complexity index is 886. The summed E-state index contributed by atoms with van der Waals surface area (Å²) in [7, 11) is 0. The number of anilines is 1. The summed E-state index contributed by atoms with van der Waals surface area (Å²) in [6.45, 7) is -0.243. The topological polar surface area (TPSA) is 102 Å². The van der Waals surface area contributed by atoms with Crippen molar-refractivity contribution in [1.82, 2.24) is 15.5 Å². The minimum absolute atomic E-state index is 0.0926. The van der Waals surface area contributed by atoms with E-state index in [0.717, 1.165) is 31.0 Å². The molecule has 0 atom stereocenters. The zero-order valence-electron chi connectivity index (χ0n) is 15.2. The molecule has 0 unspecified atom stereocenters. The molecule has 7 nitrogen and oxygen atoms in total. The molecule has 1 aliphatic rings. The highest BCUT2D eigenvalue weighted by Gasteiger charge is 2.35. The van der Waals surface area contributed by atoms with Crippen LogP contribution in [0, 0.1) is 5.82 Å². The smallest absolute Gasteiger partial charge is 0.394 e. The van der Waals surface area contributed by atoms with Crippen LogP contribution in [0.2, 0.25) is 0 Å². The Kier molecular flexibility index (Phi) is 5.87. The number of nitrogens with zero attached hydrogens (tertiary/aromatic N) is 2. The molecule has 1 aromatic carbocycles. The van der Waals surface area contributed by atoms with Gasteiger partial charge in [-0.2, -0.15) is 23.3 Å². The number of alkyl halides is 3. The third-order valence-electron chi connectivity index (χ3n) is 4.68. The molecule has 3 rings (SSSR count). The van der Waals surface area contributed by atoms with Crippen molar-refractivity contribution < 1.29 is 27.5 Å². The fourth-order valence-corrected chi connectivity index (χ4v) is 3.12. The highest BCUT2D eigenvalue weighted by molar-refractivity contribution is 6.06. The third kappa shape index (κ3) is 5.11. The van der Waals surface area contributed by atoms with Gasteiger partial charge in [-0.05, 0) is 37.1 Å². The van der Waals surface area contributed by atoms with Gasteiger partial charge in [0.2, 0.25) is 5.96 Å². The molecule has 1 amide bonds. The maximum absolute atomic E-state index is 13.1. The van der Waals surface area contributed by atoms with E-state index in [9.17, 15) is 27.5 Å². The lowest BCUT2D eigenvalue weighted by atomic mass is 9.99. The number of hydrogen-bond donors (Lipinski definition) is 4. The number of guanidine groups is 1. The van der Waals surface area contributed by atoms with E-state index in [1.807, 2.05) is 5.10 Å². The largest absolute Gasteiger partial charge is 0.432 e. The van der Waals surface area contributed by atoms with Gasteiger partial charge in [0, 0.05) is 11.6 Å². The predicted molar refractivity (Wildman–Crippen MR) is 96.8 cm³/mol. The minimum atomic E-state index is -4.61. The monoisotopic (exact) mass is 413 g/mol. The van der Waals surface area contributed by atoms with Crippen LogP contribution in [0.25, 0.3) is 0 Å². The van der Waals surface area contributed by atoms with Crippen LogP contribution in [0.1, 0.15) is 41.7 Å². The number of nitrogens with one attached hydrogen (secondary N) is 3. The van der Waals surface area contributed by atoms with Crippen molar-refractivity contribution in [3.8, 4) is 0 Å². The summed E-state index contributed by atoms with van der Waals surface area (Å²) in [5, 5.41) is 20.7. The van der Waals surface area contributed by atoms with Crippen molar-refractivity contribution in [3.05, 3.63) is 47.4 Å². The van der Waals surface area contributed by atoms with Crippen LogP contribution in [0.15, 0.2) is 35.3 Å². The van der Waals surface area contributed by atoms with Crippen molar-refractivity contribution in [1.29, 1.82) is 0 Å². The number of carbonyl (C=O) groups is 1. The number of halogens is 4. The normalized spacial score (nSPS) is 16.7. The zero-order chi connectivity index (χ0) is 21.1. The predicted octanol–water partition coefficient (Wildman–Crippen LogP) is 3.07. The highest BCUT2D eigenvalue weighted by atomic mass is 19.4. The molecule has 1 saturated carbocycles. The van der Waals surface area contributed by atoms with E-state index >= 15 is 0 Å². The van der Waals surface area contributed by atoms with Crippen molar-refractivity contribution in [3.63, 3.8) is 0 Å². The van der Waals surface area contributed by atoms with Crippen LogP contribution in [-0.2, 0) is 6.18 Å². The lowest BCUT2D eigenvalue weighted by Gasteiger charge is -2.29. The number of aliphatic hydroxyl groups is 1. The first-order valence-corrected chi connectivity index (χ1v) is 8.88. The fourth-order valence-electron chi connectivity index (χ4n) is 3.12. The van der Waals surface area contributed by atoms with E-state index in [4.69, 9.17) is 0 Å². The van der Waals surface area contributed by atoms with Gasteiger partial charge in [-0.15, -0.1) is 0 Å². The molecule has 11 heteroatoms. The van der Waals surface area contributed by atoms with E-state index in [-0.39, 0.29) is 23.9 Å². The Hall–Kier alpha value is -2.95. The van der Waals surface area contributed by atoms with Gasteiger partial charge < -0.3 is 15.7 Å². The molecular formula is C18H19F4N5O2. The van der Waals surface area contributed by atoms with Crippen molar-refractivity contribution in [2.45, 2.75) is 37.4 Å². The number of carbonyl (C=O) groups excluding carboxylic acids is 1. The summed E-state index contributed by atoms with van der Waals surface area (Å²) in [6.07, 6.45) is -1.73. The molecular weight excluding hydrogens is 394 g/mol. The second-order valence-corrected chi connectivity index (χ2v) is 6.83. The number of aliphatic imine (C=N–C) groups is 1. The third-order valence-corrected chi connectivity index (χ3v) is 4.68. The van der Waals surface area contributed by atoms with Crippen LogP contribution >= 0.6 is 0 Å². The van der Waals surface area contributed by atoms with Gasteiger partial charge in [0.25, 0.3) is 5.91 Å². The molecule has 29 heavy (non-hydrogen) atoms. The number of aromatic nitrogens is 2. The van der Waals surface area contributed by atoms with Crippen LogP contribution < -0.4 is 10.6 Å². The number of hydrogen-bond acceptors (Lipinski definition) is 3. The molecule has 156 valence electrons. The second-order valence-electron chi connectivity index (χ2n) is 6.83. The molecule has 4 N–H and O–H groups in total. The van der Waals surface area contributed by atoms with Crippen molar-refractivity contribution >= 4 is 17.7 Å². The summed E-state index contributed by atoms with van der Waals surface area (Å²) in [6, 6.07) is 5.41. The molecule has 0 radical (unpaired) electrons. The molecule has 1 aliphatic carbocycles. The Morgan fingerprint density at radius 2 is 1.90 bits per heavy atom. The average Bonchev–Trinajstić information content (AvgIpc) is 3.32. The molecule has 0 spiro atoms. The molecule has 2 aromatic rings. The number of benzene rings is 1. The van der Waals surface area contributed by atoms with Gasteiger partial charge in [-0.3, -0.25) is 9.89 Å². The van der Waals surface area contributed by atoms with Crippen molar-refractivity contribution in [2.24, 2.45) is 4.99 Å². The van der Waals surface area contributed by atoms with Crippen LogP contribution in [0.4, 0.5) is 23.4 Å². The standard InChI is InChI=1S/C18H19F4N5O2/c19-12-5-3-11(4-6-12)15(29)24-16(25-17(10-28)7-1-2-8-17)23-14-9-13(26-27-14)18(20,21)22/h3-6,9,28H,1-2,7-8,10H2,(H3,23,24,25,26,27,29). The highest BCUT2D eigenvalue weighted by Crippen LogP contribution is 2.30. The second kappa shape index (κ2) is 8.19. The number of amides is 1. The van der Waals surface area contributed by atoms with Gasteiger partial charge in [0.1, 0.15) is 11.5 Å². The molecule has 1 heterocycles. The zero-order valence-corrected chi connectivity index (χ0v) is 15.2. The van der Waals surface area contributed by atoms with E-state index in [2.05, 4.69) is 20.7 Å². The number of aromatic amines is 1. The number of rotatable bonds is 4. The maximum atomic E-state index is 13.1. The van der Waals surface area contributed by atoms with Gasteiger partial charge in [-0.1, -0.05) is 12.8 Å². The van der Waals surface area contributed by atoms with E-state index in [0.29, 0.717) is 12.8 Å². The first-order valence-electron chi connectivity index (χ1n) is 8.88. The van der Waals surface area contributed by atoms with Crippen molar-refractivity contribution in [2.75, 3.05) is 11.9 Å². The SMILES string of the molecule is O=C(/N=C(\Nc1cc(C(F)(F)F)[nH]n1)NC1(CO)CCCC1)c1ccc(F)cc1. The Morgan fingerprint density at radius 1 is 1.24 bits per heavy atom. The van der Waals surface area contributed by atoms with Crippen LogP contribution in [-0.4, -0.2) is 39.3 Å². The summed E-state index contributed by atoms with van der Waals surface area (Å²) >= 11 is 0. The minimum Gasteiger partial charge on any atom is -0.394 e. The molecule has 0 saturated heterocycles. The lowest BCUT2D eigenvalue weighted by molar-refractivity contribution is -0.141. The lowest BCUT2D eigenvalue weighted by Crippen LogP contribution is -2.51. The van der Waals surface area contributed by atoms with Crippen LogP contribution in [0.3, 0.4) is 0 Å². The summed E-state index contributed by atoms with van der Waals surface area (Å²) in [5.41, 5.74) is -1.73. The average molecular weight is 413 g/mol. The number of aliphatic hydroxyl groups excluding tert-OH is 1. The van der Waals surface area contributed by atoms with Gasteiger partial charge in [0.05, 0.1) is 12.1 Å². The molecule has 0 aliphatic heterocycles. The quantitative estimate of drug-likeness (QED) is 0.351. The van der Waals surface area contributed by atoms with Gasteiger partial charge in [0.15, 0.2) is 5.82 Å². The summed E-state index contributed by atoms with van der Waals surface area (Å²) in [4.78, 5) is 16.3. The Morgan fingerprint density at radius 3 is 2.45 bits per heavy atom. The molecule has 0 bridgehead atoms. The maximum Gasteiger partial charge on any atom is 0.432 e. The van der Waals surface area contributed by atoms with E-state index < -0.39 is 29.1 Å². The van der Waals surface area contributed by atoms with Gasteiger partial charge >= 0.3 is 6.18 Å². The molecule has 1 aromatic heterocycles. The van der Waals surface area contributed by atoms with E-state index in [1.165, 1.54) is 12.1 Å². The van der Waals surface area contributed by atoms with E-state index in [1.54, 1.807) is 0 Å². The molecule has 1 fully saturated rings. The first-order chi connectivity index (χ1) is 13.7. The van der Waals surface area contributed by atoms with Gasteiger partial charge in [-0.25, -0.2) is 4.39 Å². The Labute approximate surface area is 163 Å². The Balaban J connectivity index is 1.87. The summed E-state index contributed by atoms with van der Waals surface area (Å²) in [5.74, 6) is -1.63. The fraction of sp³-hybridized carbons (Fsp3) is 0.389. The first kappa shape index (κ1) is 20.8. The number of H-pyrrole nitrogens is 1.